The smallest absolute Gasteiger partial charge is 0.373 e. The lowest BCUT2D eigenvalue weighted by atomic mass is 10.2. The fourth-order valence-corrected chi connectivity index (χ4v) is 3.27. The maximum absolute atomic E-state index is 12.8. The molecule has 0 bridgehead atoms. The quantitative estimate of drug-likeness (QED) is 0.894. The minimum atomic E-state index is -4.54. The zero-order valence-electron chi connectivity index (χ0n) is 11.3. The van der Waals surface area contributed by atoms with Gasteiger partial charge in [0, 0.05) is 24.4 Å². The monoisotopic (exact) mass is 306 g/mol. The molecular weight excluding hydrogens is 289 g/mol. The van der Waals surface area contributed by atoms with E-state index < -0.39 is 12.0 Å². The number of thioether (sulfide) groups is 1. The van der Waals surface area contributed by atoms with Crippen LogP contribution in [-0.2, 0) is 6.18 Å². The Morgan fingerprint density at radius 3 is 2.55 bits per heavy atom. The van der Waals surface area contributed by atoms with Gasteiger partial charge in [-0.1, -0.05) is 6.42 Å². The molecule has 1 saturated carbocycles. The molecule has 8 heteroatoms. The third-order valence-corrected chi connectivity index (χ3v) is 4.49. The summed E-state index contributed by atoms with van der Waals surface area (Å²) in [6, 6.07) is 1.66. The van der Waals surface area contributed by atoms with E-state index in [1.54, 1.807) is 11.8 Å². The molecule has 4 nitrogen and oxygen atoms in total. The molecule has 0 aromatic carbocycles. The Morgan fingerprint density at radius 2 is 1.95 bits per heavy atom. The van der Waals surface area contributed by atoms with Gasteiger partial charge in [0.15, 0.2) is 0 Å². The summed E-state index contributed by atoms with van der Waals surface area (Å²) < 4.78 is 38.3. The molecule has 0 radical (unpaired) electrons. The average molecular weight is 306 g/mol. The highest BCUT2D eigenvalue weighted by atomic mass is 32.2. The molecule has 0 spiro atoms. The minimum Gasteiger partial charge on any atom is -0.373 e. The molecule has 2 atom stereocenters. The van der Waals surface area contributed by atoms with Gasteiger partial charge in [-0.2, -0.15) is 24.9 Å². The molecule has 2 rings (SSSR count). The maximum Gasteiger partial charge on any atom is 0.451 e. The molecule has 1 fully saturated rings. The lowest BCUT2D eigenvalue weighted by Gasteiger charge is -2.20. The van der Waals surface area contributed by atoms with E-state index in [9.17, 15) is 13.2 Å². The zero-order valence-corrected chi connectivity index (χ0v) is 12.1. The van der Waals surface area contributed by atoms with Crippen LogP contribution in [0.2, 0.25) is 0 Å². The predicted octanol–water partition coefficient (Wildman–Crippen LogP) is 3.23. The molecule has 1 aromatic heterocycles. The van der Waals surface area contributed by atoms with E-state index in [2.05, 4.69) is 20.6 Å². The standard InChI is InChI=1S/C12H17F3N4S/c1-16-9-6-10(19-11(18-9)12(13,14)15)17-7-4-3-5-8(7)20-2/h6-8H,3-5H2,1-2H3,(H2,16,17,18,19). The van der Waals surface area contributed by atoms with Crippen molar-refractivity contribution in [3.8, 4) is 0 Å². The Hall–Kier alpha value is -1.18. The normalized spacial score (nSPS) is 22.9. The van der Waals surface area contributed by atoms with Gasteiger partial charge in [0.2, 0.25) is 5.82 Å². The molecule has 2 unspecified atom stereocenters. The summed E-state index contributed by atoms with van der Waals surface area (Å²) in [5.74, 6) is -0.735. The van der Waals surface area contributed by atoms with Gasteiger partial charge in [-0.3, -0.25) is 0 Å². The maximum atomic E-state index is 12.8. The lowest BCUT2D eigenvalue weighted by Crippen LogP contribution is -2.27. The van der Waals surface area contributed by atoms with Crippen LogP contribution in [-0.4, -0.2) is 34.6 Å². The summed E-state index contributed by atoms with van der Waals surface area (Å²) in [7, 11) is 1.53. The van der Waals surface area contributed by atoms with E-state index >= 15 is 0 Å². The third kappa shape index (κ3) is 3.47. The number of halogens is 3. The van der Waals surface area contributed by atoms with Gasteiger partial charge in [0.05, 0.1) is 0 Å². The predicted molar refractivity (Wildman–Crippen MR) is 75.1 cm³/mol. The first-order chi connectivity index (χ1) is 9.44. The number of hydrogen-bond donors (Lipinski definition) is 2. The summed E-state index contributed by atoms with van der Waals surface area (Å²) in [6.45, 7) is 0. The zero-order chi connectivity index (χ0) is 14.8. The van der Waals surface area contributed by atoms with Crippen molar-refractivity contribution in [2.75, 3.05) is 23.9 Å². The van der Waals surface area contributed by atoms with Crippen LogP contribution in [0.3, 0.4) is 0 Å². The number of aromatic nitrogens is 2. The number of hydrogen-bond acceptors (Lipinski definition) is 5. The van der Waals surface area contributed by atoms with E-state index in [1.807, 2.05) is 6.26 Å². The molecular formula is C12H17F3N4S. The second-order valence-corrected chi connectivity index (χ2v) is 5.74. The van der Waals surface area contributed by atoms with Gasteiger partial charge < -0.3 is 10.6 Å². The van der Waals surface area contributed by atoms with E-state index in [4.69, 9.17) is 0 Å². The van der Waals surface area contributed by atoms with Crippen molar-refractivity contribution >= 4 is 23.4 Å². The Kier molecular flexibility index (Phi) is 4.62. The summed E-state index contributed by atoms with van der Waals surface area (Å²) in [5, 5.41) is 6.16. The molecule has 1 aliphatic carbocycles. The number of rotatable bonds is 4. The topological polar surface area (TPSA) is 49.8 Å². The highest BCUT2D eigenvalue weighted by Crippen LogP contribution is 2.32. The van der Waals surface area contributed by atoms with E-state index in [0.29, 0.717) is 5.25 Å². The first-order valence-corrected chi connectivity index (χ1v) is 7.66. The van der Waals surface area contributed by atoms with Crippen molar-refractivity contribution in [3.05, 3.63) is 11.9 Å². The van der Waals surface area contributed by atoms with Gasteiger partial charge in [-0.05, 0) is 19.1 Å². The molecule has 1 aliphatic rings. The fraction of sp³-hybridized carbons (Fsp3) is 0.667. The van der Waals surface area contributed by atoms with Crippen LogP contribution >= 0.6 is 11.8 Å². The van der Waals surface area contributed by atoms with E-state index in [1.165, 1.54) is 13.1 Å². The Balaban J connectivity index is 2.22. The number of nitrogens with zero attached hydrogens (tertiary/aromatic N) is 2. The Morgan fingerprint density at radius 1 is 1.25 bits per heavy atom. The lowest BCUT2D eigenvalue weighted by molar-refractivity contribution is -0.144. The van der Waals surface area contributed by atoms with E-state index in [-0.39, 0.29) is 17.7 Å². The molecule has 1 aromatic rings. The van der Waals surface area contributed by atoms with Crippen LogP contribution in [0.5, 0.6) is 0 Å². The highest BCUT2D eigenvalue weighted by molar-refractivity contribution is 7.99. The SMILES string of the molecule is CNc1cc(NC2CCCC2SC)nc(C(F)(F)F)n1. The van der Waals surface area contributed by atoms with Gasteiger partial charge in [0.1, 0.15) is 11.6 Å². The number of alkyl halides is 3. The number of nitrogens with one attached hydrogen (secondary N) is 2. The highest BCUT2D eigenvalue weighted by Gasteiger charge is 2.36. The van der Waals surface area contributed by atoms with Crippen LogP contribution in [0, 0.1) is 0 Å². The van der Waals surface area contributed by atoms with Crippen molar-refractivity contribution in [3.63, 3.8) is 0 Å². The molecule has 0 aliphatic heterocycles. The van der Waals surface area contributed by atoms with Crippen LogP contribution < -0.4 is 10.6 Å². The van der Waals surface area contributed by atoms with Crippen molar-refractivity contribution in [2.24, 2.45) is 0 Å². The Bertz CT molecular complexity index is 467. The molecule has 0 saturated heterocycles. The van der Waals surface area contributed by atoms with Crippen molar-refractivity contribution < 1.29 is 13.2 Å². The summed E-state index contributed by atoms with van der Waals surface area (Å²) in [6.07, 6.45) is 0.586. The third-order valence-electron chi connectivity index (χ3n) is 3.32. The summed E-state index contributed by atoms with van der Waals surface area (Å²) in [4.78, 5) is 7.03. The summed E-state index contributed by atoms with van der Waals surface area (Å²) in [5.41, 5.74) is 0. The van der Waals surface area contributed by atoms with E-state index in [0.717, 1.165) is 19.3 Å². The van der Waals surface area contributed by atoms with Crippen LogP contribution in [0.1, 0.15) is 25.1 Å². The second kappa shape index (κ2) is 6.07. The second-order valence-electron chi connectivity index (χ2n) is 4.67. The number of anilines is 2. The van der Waals surface area contributed by atoms with Crippen LogP contribution in [0.4, 0.5) is 24.8 Å². The molecule has 2 N–H and O–H groups in total. The minimum absolute atomic E-state index is 0.158. The molecule has 20 heavy (non-hydrogen) atoms. The molecule has 0 amide bonds. The van der Waals surface area contributed by atoms with Crippen molar-refractivity contribution in [1.82, 2.24) is 9.97 Å². The first kappa shape index (κ1) is 15.2. The van der Waals surface area contributed by atoms with Gasteiger partial charge in [-0.15, -0.1) is 0 Å². The molecule has 112 valence electrons. The van der Waals surface area contributed by atoms with Gasteiger partial charge in [-0.25, -0.2) is 9.97 Å². The largest absolute Gasteiger partial charge is 0.451 e. The Labute approximate surface area is 120 Å². The first-order valence-electron chi connectivity index (χ1n) is 6.37. The van der Waals surface area contributed by atoms with Crippen LogP contribution in [0.15, 0.2) is 6.07 Å². The van der Waals surface area contributed by atoms with Crippen LogP contribution in [0.25, 0.3) is 0 Å². The van der Waals surface area contributed by atoms with Crippen molar-refractivity contribution in [1.29, 1.82) is 0 Å². The van der Waals surface area contributed by atoms with Gasteiger partial charge in [0.25, 0.3) is 0 Å². The average Bonchev–Trinajstić information content (AvgIpc) is 2.84. The van der Waals surface area contributed by atoms with Gasteiger partial charge >= 0.3 is 6.18 Å². The molecule has 1 heterocycles. The fourth-order valence-electron chi connectivity index (χ4n) is 2.34. The summed E-state index contributed by atoms with van der Waals surface area (Å²) >= 11 is 1.74. The van der Waals surface area contributed by atoms with Crippen molar-refractivity contribution in [2.45, 2.75) is 36.7 Å².